The van der Waals surface area contributed by atoms with Crippen molar-refractivity contribution < 1.29 is 13.2 Å². The highest BCUT2D eigenvalue weighted by molar-refractivity contribution is 7.89. The minimum atomic E-state index is -3.52. The van der Waals surface area contributed by atoms with Gasteiger partial charge in [-0.2, -0.15) is 4.31 Å². The molecule has 1 amide bonds. The average molecular weight is 243 g/mol. The van der Waals surface area contributed by atoms with Gasteiger partial charge in [-0.15, -0.1) is 0 Å². The van der Waals surface area contributed by atoms with Crippen LogP contribution in [0, 0.1) is 0 Å². The summed E-state index contributed by atoms with van der Waals surface area (Å²) >= 11 is 0. The summed E-state index contributed by atoms with van der Waals surface area (Å²) in [5.41, 5.74) is 0. The molecule has 88 valence electrons. The first-order valence-corrected chi connectivity index (χ1v) is 6.33. The van der Waals surface area contributed by atoms with E-state index < -0.39 is 10.0 Å². The summed E-state index contributed by atoms with van der Waals surface area (Å²) in [4.78, 5) is 11.4. The Balaban J connectivity index is 2.28. The van der Waals surface area contributed by atoms with Gasteiger partial charge in [0.25, 0.3) is 0 Å². The van der Waals surface area contributed by atoms with Crippen LogP contribution in [0.3, 0.4) is 0 Å². The molecular weight excluding hydrogens is 230 g/mol. The molecule has 2 rings (SSSR count). The van der Waals surface area contributed by atoms with Crippen LogP contribution in [0.15, 0.2) is 23.4 Å². The molecule has 1 fully saturated rings. The van der Waals surface area contributed by atoms with Crippen molar-refractivity contribution in [3.63, 3.8) is 0 Å². The van der Waals surface area contributed by atoms with Crippen LogP contribution in [0.1, 0.15) is 0 Å². The molecule has 1 N–H and O–H groups in total. The highest BCUT2D eigenvalue weighted by Crippen LogP contribution is 2.15. The molecule has 1 saturated heterocycles. The molecule has 1 aliphatic rings. The molecule has 0 bridgehead atoms. The van der Waals surface area contributed by atoms with E-state index in [9.17, 15) is 13.2 Å². The van der Waals surface area contributed by atoms with Gasteiger partial charge in [0.15, 0.2) is 0 Å². The lowest BCUT2D eigenvalue weighted by Gasteiger charge is -2.25. The molecule has 1 aromatic heterocycles. The number of carbonyl (C=O) groups is 1. The first-order chi connectivity index (χ1) is 7.50. The van der Waals surface area contributed by atoms with Gasteiger partial charge in [-0.1, -0.05) is 0 Å². The summed E-state index contributed by atoms with van der Waals surface area (Å²) in [6, 6.07) is 1.53. The highest BCUT2D eigenvalue weighted by Gasteiger charge is 2.29. The fourth-order valence-electron chi connectivity index (χ4n) is 1.60. The maximum atomic E-state index is 12.1. The molecule has 7 heteroatoms. The van der Waals surface area contributed by atoms with Crippen LogP contribution in [-0.4, -0.2) is 42.8 Å². The lowest BCUT2D eigenvalue weighted by Crippen LogP contribution is -2.49. The molecule has 0 unspecified atom stereocenters. The number of nitrogens with one attached hydrogen (secondary N) is 1. The van der Waals surface area contributed by atoms with E-state index in [1.807, 2.05) is 0 Å². The third-order valence-corrected chi connectivity index (χ3v) is 4.27. The molecule has 0 radical (unpaired) electrons. The maximum absolute atomic E-state index is 12.1. The van der Waals surface area contributed by atoms with Crippen LogP contribution in [0.4, 0.5) is 0 Å². The summed E-state index contributed by atoms with van der Waals surface area (Å²) in [5, 5.41) is 2.59. The van der Waals surface area contributed by atoms with E-state index in [0.29, 0.717) is 13.1 Å². The van der Waals surface area contributed by atoms with Crippen LogP contribution in [0.5, 0.6) is 0 Å². The number of hydrogen-bond donors (Lipinski definition) is 1. The zero-order valence-corrected chi connectivity index (χ0v) is 9.70. The summed E-state index contributed by atoms with van der Waals surface area (Å²) < 4.78 is 27.0. The van der Waals surface area contributed by atoms with Crippen molar-refractivity contribution in [1.82, 2.24) is 14.2 Å². The molecule has 0 spiro atoms. The van der Waals surface area contributed by atoms with Crippen molar-refractivity contribution in [2.24, 2.45) is 7.05 Å². The Kier molecular flexibility index (Phi) is 2.73. The van der Waals surface area contributed by atoms with Gasteiger partial charge in [-0.3, -0.25) is 4.79 Å². The van der Waals surface area contributed by atoms with E-state index in [1.165, 1.54) is 16.6 Å². The van der Waals surface area contributed by atoms with E-state index in [2.05, 4.69) is 5.32 Å². The van der Waals surface area contributed by atoms with E-state index in [4.69, 9.17) is 0 Å². The van der Waals surface area contributed by atoms with Gasteiger partial charge in [0.1, 0.15) is 0 Å². The maximum Gasteiger partial charge on any atom is 0.245 e. The molecule has 0 aromatic carbocycles. The van der Waals surface area contributed by atoms with Crippen molar-refractivity contribution in [3.05, 3.63) is 18.5 Å². The first-order valence-electron chi connectivity index (χ1n) is 4.89. The number of hydrogen-bond acceptors (Lipinski definition) is 3. The van der Waals surface area contributed by atoms with Gasteiger partial charge in [0.2, 0.25) is 15.9 Å². The highest BCUT2D eigenvalue weighted by atomic mass is 32.2. The monoisotopic (exact) mass is 243 g/mol. The topological polar surface area (TPSA) is 71.4 Å². The predicted octanol–water partition coefficient (Wildman–Crippen LogP) is -0.854. The number of sulfonamides is 1. The molecule has 1 aromatic rings. The van der Waals surface area contributed by atoms with Gasteiger partial charge >= 0.3 is 0 Å². The van der Waals surface area contributed by atoms with Crippen molar-refractivity contribution in [2.45, 2.75) is 4.90 Å². The third kappa shape index (κ3) is 1.96. The van der Waals surface area contributed by atoms with Crippen LogP contribution < -0.4 is 5.32 Å². The van der Waals surface area contributed by atoms with E-state index >= 15 is 0 Å². The van der Waals surface area contributed by atoms with Gasteiger partial charge in [-0.25, -0.2) is 8.42 Å². The minimum Gasteiger partial charge on any atom is -0.356 e. The molecule has 6 nitrogen and oxygen atoms in total. The molecule has 2 heterocycles. The predicted molar refractivity (Wildman–Crippen MR) is 57.2 cm³/mol. The van der Waals surface area contributed by atoms with Gasteiger partial charge in [0.05, 0.1) is 11.4 Å². The average Bonchev–Trinajstić information content (AvgIpc) is 2.65. The smallest absolute Gasteiger partial charge is 0.245 e. The van der Waals surface area contributed by atoms with E-state index in [0.717, 1.165) is 0 Å². The second-order valence-electron chi connectivity index (χ2n) is 3.70. The molecule has 0 atom stereocenters. The molecular formula is C9H13N3O3S. The number of piperazine rings is 1. The van der Waals surface area contributed by atoms with E-state index in [-0.39, 0.29) is 17.3 Å². The van der Waals surface area contributed by atoms with Crippen molar-refractivity contribution >= 4 is 15.9 Å². The Bertz CT molecular complexity index is 506. The normalized spacial score (nSPS) is 18.4. The summed E-state index contributed by atoms with van der Waals surface area (Å²) in [6.07, 6.45) is 3.19. The van der Waals surface area contributed by atoms with Gasteiger partial charge in [0, 0.05) is 32.5 Å². The fraction of sp³-hybridized carbons (Fsp3) is 0.444. The number of rotatable bonds is 2. The largest absolute Gasteiger partial charge is 0.356 e. The molecule has 1 aliphatic heterocycles. The van der Waals surface area contributed by atoms with Crippen LogP contribution in [-0.2, 0) is 21.9 Å². The number of amides is 1. The second-order valence-corrected chi connectivity index (χ2v) is 5.64. The third-order valence-electron chi connectivity index (χ3n) is 2.45. The molecule has 16 heavy (non-hydrogen) atoms. The Labute approximate surface area is 93.9 Å². The Morgan fingerprint density at radius 1 is 1.44 bits per heavy atom. The lowest BCUT2D eigenvalue weighted by molar-refractivity contribution is -0.122. The second kappa shape index (κ2) is 3.91. The van der Waals surface area contributed by atoms with Crippen LogP contribution >= 0.6 is 0 Å². The number of aryl methyl sites for hydroxylation is 1. The molecule has 0 saturated carbocycles. The number of carbonyl (C=O) groups excluding carboxylic acids is 1. The van der Waals surface area contributed by atoms with Crippen molar-refractivity contribution in [1.29, 1.82) is 0 Å². The zero-order chi connectivity index (χ0) is 11.8. The summed E-state index contributed by atoms with van der Waals surface area (Å²) in [6.45, 7) is 0.588. The van der Waals surface area contributed by atoms with Crippen LogP contribution in [0.25, 0.3) is 0 Å². The number of aromatic nitrogens is 1. The molecule has 0 aliphatic carbocycles. The van der Waals surface area contributed by atoms with Crippen LogP contribution in [0.2, 0.25) is 0 Å². The number of nitrogens with zero attached hydrogens (tertiary/aromatic N) is 2. The summed E-state index contributed by atoms with van der Waals surface area (Å²) in [7, 11) is -1.77. The van der Waals surface area contributed by atoms with Gasteiger partial charge < -0.3 is 9.88 Å². The minimum absolute atomic E-state index is 0.1000. The quantitative estimate of drug-likeness (QED) is 0.735. The Morgan fingerprint density at radius 2 is 2.19 bits per heavy atom. The van der Waals surface area contributed by atoms with E-state index in [1.54, 1.807) is 17.8 Å². The van der Waals surface area contributed by atoms with Crippen molar-refractivity contribution in [2.75, 3.05) is 19.6 Å². The lowest BCUT2D eigenvalue weighted by atomic mass is 10.4. The van der Waals surface area contributed by atoms with Crippen molar-refractivity contribution in [3.8, 4) is 0 Å². The SMILES string of the molecule is Cn1ccc(S(=O)(=O)N2CCNC(=O)C2)c1. The Morgan fingerprint density at radius 3 is 2.75 bits per heavy atom. The standard InChI is InChI=1S/C9H13N3O3S/c1-11-4-2-8(6-11)16(14,15)12-5-3-10-9(13)7-12/h2,4,6H,3,5,7H2,1H3,(H,10,13). The summed E-state index contributed by atoms with van der Waals surface area (Å²) in [5.74, 6) is -0.259. The zero-order valence-electron chi connectivity index (χ0n) is 8.88. The van der Waals surface area contributed by atoms with Gasteiger partial charge in [-0.05, 0) is 6.07 Å². The Hall–Kier alpha value is -1.34. The fourth-order valence-corrected chi connectivity index (χ4v) is 3.05. The first kappa shape index (κ1) is 11.2.